The summed E-state index contributed by atoms with van der Waals surface area (Å²) < 4.78 is 10.1. The van der Waals surface area contributed by atoms with Crippen LogP contribution in [0.25, 0.3) is 6.08 Å². The summed E-state index contributed by atoms with van der Waals surface area (Å²) in [5, 5.41) is 2.86. The highest BCUT2D eigenvalue weighted by Gasteiger charge is 2.17. The summed E-state index contributed by atoms with van der Waals surface area (Å²) in [6, 6.07) is 10.5. The van der Waals surface area contributed by atoms with Crippen molar-refractivity contribution in [2.24, 2.45) is 0 Å². The van der Waals surface area contributed by atoms with Crippen molar-refractivity contribution < 1.29 is 18.7 Å². The quantitative estimate of drug-likeness (QED) is 0.618. The molecule has 0 aliphatic rings. The maximum absolute atomic E-state index is 12.0. The first-order valence-corrected chi connectivity index (χ1v) is 7.85. The molecule has 1 N–H and O–H groups in total. The minimum absolute atomic E-state index is 0.0355. The molecule has 1 atom stereocenters. The Balaban J connectivity index is 1.91. The normalized spacial score (nSPS) is 12.3. The van der Waals surface area contributed by atoms with Crippen molar-refractivity contribution in [2.45, 2.75) is 6.04 Å². The van der Waals surface area contributed by atoms with Gasteiger partial charge in [-0.25, -0.2) is 4.79 Å². The van der Waals surface area contributed by atoms with Gasteiger partial charge in [0.2, 0.25) is 5.91 Å². The van der Waals surface area contributed by atoms with Crippen molar-refractivity contribution >= 4 is 18.0 Å². The van der Waals surface area contributed by atoms with E-state index in [1.165, 1.54) is 13.2 Å². The number of benzene rings is 1. The fourth-order valence-corrected chi connectivity index (χ4v) is 2.29. The molecule has 1 aromatic heterocycles. The lowest BCUT2D eigenvalue weighted by atomic mass is 10.1. The van der Waals surface area contributed by atoms with E-state index in [1.54, 1.807) is 36.6 Å². The molecule has 0 aliphatic heterocycles. The van der Waals surface area contributed by atoms with Crippen LogP contribution in [0.3, 0.4) is 0 Å². The molecule has 0 saturated carbocycles. The van der Waals surface area contributed by atoms with E-state index in [-0.39, 0.29) is 17.9 Å². The Kier molecular flexibility index (Phi) is 6.54. The number of rotatable bonds is 7. The van der Waals surface area contributed by atoms with E-state index in [4.69, 9.17) is 4.42 Å². The second-order valence-corrected chi connectivity index (χ2v) is 5.69. The number of nitrogens with zero attached hydrogens (tertiary/aromatic N) is 1. The molecular weight excluding hydrogens is 320 g/mol. The van der Waals surface area contributed by atoms with Crippen molar-refractivity contribution in [1.82, 2.24) is 10.2 Å². The molecule has 1 unspecified atom stereocenters. The summed E-state index contributed by atoms with van der Waals surface area (Å²) in [4.78, 5) is 25.4. The zero-order chi connectivity index (χ0) is 18.2. The van der Waals surface area contributed by atoms with Gasteiger partial charge in [-0.3, -0.25) is 9.69 Å². The fourth-order valence-electron chi connectivity index (χ4n) is 2.29. The van der Waals surface area contributed by atoms with Gasteiger partial charge in [-0.15, -0.1) is 0 Å². The van der Waals surface area contributed by atoms with Gasteiger partial charge in [-0.2, -0.15) is 0 Å². The fraction of sp³-hybridized carbons (Fsp3) is 0.263. The molecule has 0 saturated heterocycles. The number of hydrogen-bond acceptors (Lipinski definition) is 5. The molecule has 25 heavy (non-hydrogen) atoms. The van der Waals surface area contributed by atoms with Crippen LogP contribution < -0.4 is 5.32 Å². The Labute approximate surface area is 147 Å². The first kappa shape index (κ1) is 18.5. The van der Waals surface area contributed by atoms with Crippen LogP contribution in [-0.2, 0) is 9.53 Å². The zero-order valence-electron chi connectivity index (χ0n) is 14.6. The third-order valence-electron chi connectivity index (χ3n) is 3.72. The third kappa shape index (κ3) is 5.32. The highest BCUT2D eigenvalue weighted by molar-refractivity contribution is 5.92. The largest absolute Gasteiger partial charge is 0.468 e. The van der Waals surface area contributed by atoms with E-state index in [9.17, 15) is 9.59 Å². The van der Waals surface area contributed by atoms with Crippen LogP contribution in [-0.4, -0.2) is 44.5 Å². The average molecular weight is 342 g/mol. The number of esters is 1. The van der Waals surface area contributed by atoms with E-state index >= 15 is 0 Å². The number of furan rings is 1. The summed E-state index contributed by atoms with van der Waals surface area (Å²) in [5.74, 6) is 0.212. The second kappa shape index (κ2) is 8.84. The van der Waals surface area contributed by atoms with Crippen molar-refractivity contribution in [3.8, 4) is 0 Å². The first-order valence-electron chi connectivity index (χ1n) is 7.85. The lowest BCUT2D eigenvalue weighted by molar-refractivity contribution is -0.116. The molecular formula is C19H22N2O4. The molecule has 2 rings (SSSR count). The molecule has 0 bridgehead atoms. The van der Waals surface area contributed by atoms with Crippen LogP contribution >= 0.6 is 0 Å². The number of methoxy groups -OCH3 is 1. The predicted molar refractivity (Wildman–Crippen MR) is 95.0 cm³/mol. The second-order valence-electron chi connectivity index (χ2n) is 5.69. The van der Waals surface area contributed by atoms with Crippen molar-refractivity contribution in [2.75, 3.05) is 27.7 Å². The predicted octanol–water partition coefficient (Wildman–Crippen LogP) is 2.50. The van der Waals surface area contributed by atoms with Gasteiger partial charge in [0.05, 0.1) is 25.0 Å². The van der Waals surface area contributed by atoms with Gasteiger partial charge in [0, 0.05) is 12.6 Å². The van der Waals surface area contributed by atoms with Gasteiger partial charge in [0.25, 0.3) is 0 Å². The maximum Gasteiger partial charge on any atom is 0.337 e. The third-order valence-corrected chi connectivity index (χ3v) is 3.72. The van der Waals surface area contributed by atoms with E-state index in [1.807, 2.05) is 31.1 Å². The van der Waals surface area contributed by atoms with Crippen LogP contribution in [0.15, 0.2) is 53.2 Å². The van der Waals surface area contributed by atoms with Gasteiger partial charge in [0.1, 0.15) is 5.76 Å². The van der Waals surface area contributed by atoms with Crippen LogP contribution in [0.5, 0.6) is 0 Å². The smallest absolute Gasteiger partial charge is 0.337 e. The summed E-state index contributed by atoms with van der Waals surface area (Å²) in [6.07, 6.45) is 4.77. The molecule has 2 aromatic rings. The SMILES string of the molecule is COC(=O)c1ccc(/C=C/C(=O)NCC(c2ccco2)N(C)C)cc1. The Hall–Kier alpha value is -2.86. The van der Waals surface area contributed by atoms with E-state index < -0.39 is 0 Å². The Morgan fingerprint density at radius 1 is 1.24 bits per heavy atom. The Bertz CT molecular complexity index is 718. The summed E-state index contributed by atoms with van der Waals surface area (Å²) >= 11 is 0. The average Bonchev–Trinajstić information content (AvgIpc) is 3.14. The molecule has 0 fully saturated rings. The van der Waals surface area contributed by atoms with E-state index in [2.05, 4.69) is 10.1 Å². The standard InChI is InChI=1S/C19H22N2O4/c1-21(2)16(17-5-4-12-25-17)13-20-18(22)11-8-14-6-9-15(10-7-14)19(23)24-3/h4-12,16H,13H2,1-3H3,(H,20,22)/b11-8+. The van der Waals surface area contributed by atoms with Gasteiger partial charge in [-0.05, 0) is 50.0 Å². The van der Waals surface area contributed by atoms with E-state index in [0.29, 0.717) is 12.1 Å². The van der Waals surface area contributed by atoms with Gasteiger partial charge in [0.15, 0.2) is 0 Å². The monoisotopic (exact) mass is 342 g/mol. The van der Waals surface area contributed by atoms with Crippen LogP contribution in [0.2, 0.25) is 0 Å². The number of ether oxygens (including phenoxy) is 1. The number of carbonyl (C=O) groups is 2. The number of carbonyl (C=O) groups excluding carboxylic acids is 2. The number of hydrogen-bond donors (Lipinski definition) is 1. The van der Waals surface area contributed by atoms with Crippen LogP contribution in [0, 0.1) is 0 Å². The van der Waals surface area contributed by atoms with Crippen LogP contribution in [0.1, 0.15) is 27.7 Å². The van der Waals surface area contributed by atoms with E-state index in [0.717, 1.165) is 11.3 Å². The van der Waals surface area contributed by atoms with Gasteiger partial charge in [-0.1, -0.05) is 12.1 Å². The summed E-state index contributed by atoms with van der Waals surface area (Å²) in [6.45, 7) is 0.435. The number of amides is 1. The Morgan fingerprint density at radius 3 is 2.52 bits per heavy atom. The highest BCUT2D eigenvalue weighted by Crippen LogP contribution is 2.17. The number of nitrogens with one attached hydrogen (secondary N) is 1. The van der Waals surface area contributed by atoms with Crippen LogP contribution in [0.4, 0.5) is 0 Å². The van der Waals surface area contributed by atoms with Crippen molar-refractivity contribution in [3.05, 3.63) is 65.6 Å². The molecule has 0 radical (unpaired) electrons. The molecule has 6 nitrogen and oxygen atoms in total. The molecule has 132 valence electrons. The van der Waals surface area contributed by atoms with Gasteiger partial charge >= 0.3 is 5.97 Å². The summed E-state index contributed by atoms with van der Waals surface area (Å²) in [7, 11) is 5.19. The highest BCUT2D eigenvalue weighted by atomic mass is 16.5. The molecule has 1 amide bonds. The maximum atomic E-state index is 12.0. The lowest BCUT2D eigenvalue weighted by Crippen LogP contribution is -2.33. The minimum atomic E-state index is -0.388. The molecule has 6 heteroatoms. The lowest BCUT2D eigenvalue weighted by Gasteiger charge is -2.22. The van der Waals surface area contributed by atoms with Crippen molar-refractivity contribution in [3.63, 3.8) is 0 Å². The summed E-state index contributed by atoms with van der Waals surface area (Å²) in [5.41, 5.74) is 1.29. The first-order chi connectivity index (χ1) is 12.0. The molecule has 0 spiro atoms. The Morgan fingerprint density at radius 2 is 1.96 bits per heavy atom. The van der Waals surface area contributed by atoms with Crippen molar-refractivity contribution in [1.29, 1.82) is 0 Å². The molecule has 1 heterocycles. The zero-order valence-corrected chi connectivity index (χ0v) is 14.6. The topological polar surface area (TPSA) is 71.8 Å². The molecule has 1 aromatic carbocycles. The van der Waals surface area contributed by atoms with Gasteiger partial charge < -0.3 is 14.5 Å². The molecule has 0 aliphatic carbocycles. The minimum Gasteiger partial charge on any atom is -0.468 e. The number of likely N-dealkylation sites (N-methyl/N-ethyl adjacent to an activating group) is 1.